The Bertz CT molecular complexity index is 864. The Balaban J connectivity index is 1.71. The van der Waals surface area contributed by atoms with Crippen molar-refractivity contribution < 1.29 is 17.9 Å². The fourth-order valence-electron chi connectivity index (χ4n) is 3.11. The lowest BCUT2D eigenvalue weighted by atomic mass is 10.1. The Hall–Kier alpha value is -2.55. The molecule has 0 spiro atoms. The third-order valence-electron chi connectivity index (χ3n) is 4.39. The van der Waals surface area contributed by atoms with Gasteiger partial charge in [-0.05, 0) is 24.1 Å². The van der Waals surface area contributed by atoms with Gasteiger partial charge in [-0.15, -0.1) is 13.2 Å². The van der Waals surface area contributed by atoms with Crippen LogP contribution in [0, 0.1) is 0 Å². The maximum absolute atomic E-state index is 12.4. The third kappa shape index (κ3) is 5.00. The highest BCUT2D eigenvalue weighted by molar-refractivity contribution is 5.32. The summed E-state index contributed by atoms with van der Waals surface area (Å²) in [5.74, 6) is 0.288. The summed E-state index contributed by atoms with van der Waals surface area (Å²) in [6, 6.07) is 5.97. The van der Waals surface area contributed by atoms with Crippen LogP contribution >= 0.6 is 0 Å². The van der Waals surface area contributed by atoms with E-state index in [0.717, 1.165) is 11.3 Å². The highest BCUT2D eigenvalue weighted by atomic mass is 19.4. The molecule has 1 aromatic carbocycles. The average Bonchev–Trinajstić information content (AvgIpc) is 2.76. The van der Waals surface area contributed by atoms with Gasteiger partial charge in [0.1, 0.15) is 5.75 Å². The number of benzene rings is 1. The molecule has 3 rings (SSSR count). The lowest BCUT2D eigenvalue weighted by Crippen LogP contribution is -2.26. The molecule has 0 saturated carbocycles. The van der Waals surface area contributed by atoms with E-state index in [0.29, 0.717) is 44.0 Å². The van der Waals surface area contributed by atoms with Gasteiger partial charge >= 0.3 is 6.36 Å². The lowest BCUT2D eigenvalue weighted by Gasteiger charge is -2.20. The third-order valence-corrected chi connectivity index (χ3v) is 4.39. The van der Waals surface area contributed by atoms with Crippen molar-refractivity contribution in [1.29, 1.82) is 0 Å². The molecule has 0 atom stereocenters. The molecule has 0 amide bonds. The van der Waals surface area contributed by atoms with Crippen molar-refractivity contribution in [2.45, 2.75) is 25.7 Å². The SMILES string of the molecule is CN(C)c1nc2c(c(=O)[nH]1)CCN(Cc1cccc(OC(F)(F)F)c1)CC2. The van der Waals surface area contributed by atoms with Crippen LogP contribution in [0.25, 0.3) is 0 Å². The molecule has 146 valence electrons. The molecule has 0 aliphatic carbocycles. The van der Waals surface area contributed by atoms with E-state index in [1.165, 1.54) is 12.1 Å². The van der Waals surface area contributed by atoms with Crippen molar-refractivity contribution in [3.8, 4) is 5.75 Å². The number of nitrogens with zero attached hydrogens (tertiary/aromatic N) is 3. The minimum Gasteiger partial charge on any atom is -0.406 e. The van der Waals surface area contributed by atoms with Crippen LogP contribution in [0.15, 0.2) is 29.1 Å². The molecule has 0 unspecified atom stereocenters. The maximum atomic E-state index is 12.4. The second-order valence-electron chi connectivity index (χ2n) is 6.68. The van der Waals surface area contributed by atoms with Crippen LogP contribution < -0.4 is 15.2 Å². The second kappa shape index (κ2) is 7.59. The number of anilines is 1. The number of hydrogen-bond donors (Lipinski definition) is 1. The van der Waals surface area contributed by atoms with Crippen LogP contribution in [0.3, 0.4) is 0 Å². The predicted octanol–water partition coefficient (Wildman–Crippen LogP) is 2.34. The first-order valence-corrected chi connectivity index (χ1v) is 8.58. The number of ether oxygens (including phenoxy) is 1. The Labute approximate surface area is 154 Å². The Morgan fingerprint density at radius 3 is 2.70 bits per heavy atom. The van der Waals surface area contributed by atoms with Gasteiger partial charge in [-0.3, -0.25) is 14.7 Å². The number of alkyl halides is 3. The first kappa shape index (κ1) is 19.2. The zero-order chi connectivity index (χ0) is 19.6. The van der Waals surface area contributed by atoms with Crippen LogP contribution in [-0.2, 0) is 19.4 Å². The molecule has 0 fully saturated rings. The average molecular weight is 382 g/mol. The molecule has 0 bridgehead atoms. The number of aromatic nitrogens is 2. The van der Waals surface area contributed by atoms with Gasteiger partial charge in [0, 0.05) is 45.7 Å². The summed E-state index contributed by atoms with van der Waals surface area (Å²) < 4.78 is 41.1. The van der Waals surface area contributed by atoms with Crippen molar-refractivity contribution in [3.63, 3.8) is 0 Å². The quantitative estimate of drug-likeness (QED) is 0.880. The Morgan fingerprint density at radius 1 is 1.26 bits per heavy atom. The molecule has 1 aromatic heterocycles. The summed E-state index contributed by atoms with van der Waals surface area (Å²) >= 11 is 0. The normalized spacial score (nSPS) is 15.1. The summed E-state index contributed by atoms with van der Waals surface area (Å²) in [6.45, 7) is 1.77. The fourth-order valence-corrected chi connectivity index (χ4v) is 3.11. The molecule has 0 saturated heterocycles. The van der Waals surface area contributed by atoms with E-state index in [1.807, 2.05) is 14.1 Å². The number of nitrogens with one attached hydrogen (secondary N) is 1. The van der Waals surface area contributed by atoms with Gasteiger partial charge in [0.15, 0.2) is 0 Å². The molecule has 2 aromatic rings. The summed E-state index contributed by atoms with van der Waals surface area (Å²) in [5.41, 5.74) is 2.04. The van der Waals surface area contributed by atoms with E-state index in [2.05, 4.69) is 19.6 Å². The fraction of sp³-hybridized carbons (Fsp3) is 0.444. The van der Waals surface area contributed by atoms with Gasteiger partial charge in [-0.1, -0.05) is 12.1 Å². The van der Waals surface area contributed by atoms with E-state index in [9.17, 15) is 18.0 Å². The molecular weight excluding hydrogens is 361 g/mol. The zero-order valence-corrected chi connectivity index (χ0v) is 15.1. The topological polar surface area (TPSA) is 61.5 Å². The van der Waals surface area contributed by atoms with E-state index in [-0.39, 0.29) is 11.3 Å². The summed E-state index contributed by atoms with van der Waals surface area (Å²) in [5, 5.41) is 0. The van der Waals surface area contributed by atoms with Crippen LogP contribution in [0.1, 0.15) is 16.8 Å². The number of rotatable bonds is 4. The summed E-state index contributed by atoms with van der Waals surface area (Å²) in [4.78, 5) is 23.5. The van der Waals surface area contributed by atoms with Gasteiger partial charge in [0.05, 0.1) is 5.69 Å². The second-order valence-corrected chi connectivity index (χ2v) is 6.68. The lowest BCUT2D eigenvalue weighted by molar-refractivity contribution is -0.274. The number of aromatic amines is 1. The van der Waals surface area contributed by atoms with Gasteiger partial charge < -0.3 is 9.64 Å². The van der Waals surface area contributed by atoms with E-state index in [4.69, 9.17) is 0 Å². The van der Waals surface area contributed by atoms with Crippen molar-refractivity contribution in [1.82, 2.24) is 14.9 Å². The molecule has 27 heavy (non-hydrogen) atoms. The van der Waals surface area contributed by atoms with Crippen molar-refractivity contribution in [3.05, 3.63) is 51.4 Å². The van der Waals surface area contributed by atoms with Crippen LogP contribution in [0.5, 0.6) is 5.75 Å². The maximum Gasteiger partial charge on any atom is 0.573 e. The van der Waals surface area contributed by atoms with Crippen LogP contribution in [0.4, 0.5) is 19.1 Å². The van der Waals surface area contributed by atoms with Gasteiger partial charge in [-0.2, -0.15) is 0 Å². The van der Waals surface area contributed by atoms with Crippen molar-refractivity contribution in [2.24, 2.45) is 0 Å². The molecule has 0 radical (unpaired) electrons. The first-order valence-electron chi connectivity index (χ1n) is 8.58. The monoisotopic (exact) mass is 382 g/mol. The highest BCUT2D eigenvalue weighted by Crippen LogP contribution is 2.24. The molecule has 9 heteroatoms. The molecular formula is C18H21F3N4O2. The Kier molecular flexibility index (Phi) is 5.41. The molecule has 1 N–H and O–H groups in total. The minimum atomic E-state index is -4.71. The largest absolute Gasteiger partial charge is 0.573 e. The molecule has 6 nitrogen and oxygen atoms in total. The number of fused-ring (bicyclic) bond motifs is 1. The Morgan fingerprint density at radius 2 is 2.00 bits per heavy atom. The highest BCUT2D eigenvalue weighted by Gasteiger charge is 2.31. The number of halogens is 3. The molecule has 2 heterocycles. The standard InChI is InChI=1S/C18H21F3N4O2/c1-24(2)17-22-15-7-9-25(8-6-14(15)16(26)23-17)11-12-4-3-5-13(10-12)27-18(19,20)21/h3-5,10H,6-9,11H2,1-2H3,(H,22,23,26). The van der Waals surface area contributed by atoms with E-state index in [1.54, 1.807) is 17.0 Å². The molecule has 1 aliphatic rings. The van der Waals surface area contributed by atoms with Gasteiger partial charge in [0.2, 0.25) is 5.95 Å². The zero-order valence-electron chi connectivity index (χ0n) is 15.1. The predicted molar refractivity (Wildman–Crippen MR) is 95.0 cm³/mol. The summed E-state index contributed by atoms with van der Waals surface area (Å²) in [7, 11) is 3.62. The van der Waals surface area contributed by atoms with Crippen molar-refractivity contribution >= 4 is 5.95 Å². The number of hydrogen-bond acceptors (Lipinski definition) is 5. The molecule has 1 aliphatic heterocycles. The van der Waals surface area contributed by atoms with Gasteiger partial charge in [-0.25, -0.2) is 4.98 Å². The number of H-pyrrole nitrogens is 1. The van der Waals surface area contributed by atoms with Crippen LogP contribution in [-0.4, -0.2) is 48.4 Å². The van der Waals surface area contributed by atoms with E-state index < -0.39 is 6.36 Å². The first-order chi connectivity index (χ1) is 12.7. The van der Waals surface area contributed by atoms with E-state index >= 15 is 0 Å². The van der Waals surface area contributed by atoms with Gasteiger partial charge in [0.25, 0.3) is 5.56 Å². The summed E-state index contributed by atoms with van der Waals surface area (Å²) in [6.07, 6.45) is -3.55. The van der Waals surface area contributed by atoms with Crippen molar-refractivity contribution in [2.75, 3.05) is 32.1 Å². The smallest absolute Gasteiger partial charge is 0.406 e. The van der Waals surface area contributed by atoms with Crippen LogP contribution in [0.2, 0.25) is 0 Å². The minimum absolute atomic E-state index is 0.133.